The molecule has 3 aliphatic rings. The van der Waals surface area contributed by atoms with Crippen molar-refractivity contribution in [2.24, 2.45) is 5.92 Å². The average Bonchev–Trinajstić information content (AvgIpc) is 3.10. The van der Waals surface area contributed by atoms with Gasteiger partial charge in [-0.05, 0) is 31.4 Å². The van der Waals surface area contributed by atoms with E-state index >= 15 is 0 Å². The maximum absolute atomic E-state index is 13.5. The van der Waals surface area contributed by atoms with Gasteiger partial charge in [-0.3, -0.25) is 9.59 Å². The fourth-order valence-electron chi connectivity index (χ4n) is 4.45. The SMILES string of the molecule is CC(C)S(=O)(=O)N1C[C@H](C(=O)N2CCc3ccccc3C2)[C@@]2(C1)OCCNC2=O. The molecular weight excluding hydrogens is 394 g/mol. The fourth-order valence-corrected chi connectivity index (χ4v) is 5.78. The number of sulfonamides is 1. The Balaban J connectivity index is 1.65. The molecule has 2 fully saturated rings. The summed E-state index contributed by atoms with van der Waals surface area (Å²) in [6, 6.07) is 7.98. The van der Waals surface area contributed by atoms with E-state index in [1.807, 2.05) is 18.2 Å². The molecule has 3 aliphatic heterocycles. The molecule has 0 bridgehead atoms. The lowest BCUT2D eigenvalue weighted by Gasteiger charge is -2.39. The van der Waals surface area contributed by atoms with Crippen LogP contribution in [0.1, 0.15) is 25.0 Å². The van der Waals surface area contributed by atoms with Crippen molar-refractivity contribution in [1.29, 1.82) is 0 Å². The molecule has 0 aliphatic carbocycles. The highest BCUT2D eigenvalue weighted by atomic mass is 32.2. The first-order valence-corrected chi connectivity index (χ1v) is 11.5. The smallest absolute Gasteiger partial charge is 0.254 e. The lowest BCUT2D eigenvalue weighted by atomic mass is 9.86. The molecule has 158 valence electrons. The van der Waals surface area contributed by atoms with Crippen LogP contribution in [-0.2, 0) is 37.3 Å². The Morgan fingerprint density at radius 3 is 2.69 bits per heavy atom. The first kappa shape index (κ1) is 20.3. The van der Waals surface area contributed by atoms with Gasteiger partial charge in [0.25, 0.3) is 5.91 Å². The molecular formula is C20H27N3O5S. The largest absolute Gasteiger partial charge is 0.361 e. The van der Waals surface area contributed by atoms with Crippen molar-refractivity contribution >= 4 is 21.8 Å². The van der Waals surface area contributed by atoms with Crippen LogP contribution in [0.5, 0.6) is 0 Å². The van der Waals surface area contributed by atoms with E-state index in [0.29, 0.717) is 19.6 Å². The number of carbonyl (C=O) groups is 2. The van der Waals surface area contributed by atoms with Crippen molar-refractivity contribution in [2.45, 2.75) is 37.7 Å². The van der Waals surface area contributed by atoms with Gasteiger partial charge in [-0.2, -0.15) is 4.31 Å². The van der Waals surface area contributed by atoms with E-state index in [-0.39, 0.29) is 25.6 Å². The third-order valence-electron chi connectivity index (χ3n) is 6.19. The molecule has 2 saturated heterocycles. The van der Waals surface area contributed by atoms with E-state index in [0.717, 1.165) is 12.0 Å². The molecule has 2 atom stereocenters. The molecule has 1 aromatic rings. The molecule has 4 rings (SSSR count). The summed E-state index contributed by atoms with van der Waals surface area (Å²) in [5.74, 6) is -1.49. The van der Waals surface area contributed by atoms with Crippen LogP contribution in [0.3, 0.4) is 0 Å². The minimum Gasteiger partial charge on any atom is -0.361 e. The highest BCUT2D eigenvalue weighted by molar-refractivity contribution is 7.89. The van der Waals surface area contributed by atoms with Crippen molar-refractivity contribution in [1.82, 2.24) is 14.5 Å². The number of morpholine rings is 1. The number of hydrogen-bond donors (Lipinski definition) is 1. The van der Waals surface area contributed by atoms with E-state index < -0.39 is 32.7 Å². The first-order valence-electron chi connectivity index (χ1n) is 10.0. The highest BCUT2D eigenvalue weighted by Gasteiger charge is 2.60. The number of nitrogens with one attached hydrogen (secondary N) is 1. The quantitative estimate of drug-likeness (QED) is 0.748. The Morgan fingerprint density at radius 2 is 2.00 bits per heavy atom. The van der Waals surface area contributed by atoms with Crippen LogP contribution in [-0.4, -0.2) is 73.1 Å². The summed E-state index contributed by atoms with van der Waals surface area (Å²) in [7, 11) is -3.62. The van der Waals surface area contributed by atoms with Crippen molar-refractivity contribution in [3.8, 4) is 0 Å². The maximum Gasteiger partial charge on any atom is 0.254 e. The lowest BCUT2D eigenvalue weighted by molar-refractivity contribution is -0.167. The van der Waals surface area contributed by atoms with Gasteiger partial charge < -0.3 is 15.0 Å². The van der Waals surface area contributed by atoms with E-state index in [9.17, 15) is 18.0 Å². The van der Waals surface area contributed by atoms with Crippen LogP contribution in [0, 0.1) is 5.92 Å². The number of nitrogens with zero attached hydrogens (tertiary/aromatic N) is 2. The Bertz CT molecular complexity index is 932. The zero-order valence-corrected chi connectivity index (χ0v) is 17.6. The van der Waals surface area contributed by atoms with E-state index in [4.69, 9.17) is 4.74 Å². The number of benzene rings is 1. The van der Waals surface area contributed by atoms with Gasteiger partial charge in [0, 0.05) is 26.2 Å². The molecule has 9 heteroatoms. The summed E-state index contributed by atoms with van der Waals surface area (Å²) >= 11 is 0. The summed E-state index contributed by atoms with van der Waals surface area (Å²) in [5.41, 5.74) is 0.835. The number of ether oxygens (including phenoxy) is 1. The van der Waals surface area contributed by atoms with Gasteiger partial charge in [0.2, 0.25) is 15.9 Å². The Hall–Kier alpha value is -1.97. The van der Waals surface area contributed by atoms with E-state index in [1.54, 1.807) is 18.7 Å². The van der Waals surface area contributed by atoms with Gasteiger partial charge in [-0.1, -0.05) is 24.3 Å². The number of rotatable bonds is 3. The minimum atomic E-state index is -3.62. The predicted octanol–water partition coefficient (Wildman–Crippen LogP) is 0.127. The van der Waals surface area contributed by atoms with E-state index in [1.165, 1.54) is 9.87 Å². The first-order chi connectivity index (χ1) is 13.8. The van der Waals surface area contributed by atoms with Crippen molar-refractivity contribution in [2.75, 3.05) is 32.8 Å². The van der Waals surface area contributed by atoms with Gasteiger partial charge in [0.15, 0.2) is 5.60 Å². The minimum absolute atomic E-state index is 0.0368. The molecule has 3 heterocycles. The number of hydrogen-bond acceptors (Lipinski definition) is 5. The van der Waals surface area contributed by atoms with Crippen LogP contribution in [0.4, 0.5) is 0 Å². The van der Waals surface area contributed by atoms with Crippen LogP contribution < -0.4 is 5.32 Å². The van der Waals surface area contributed by atoms with Gasteiger partial charge in [-0.25, -0.2) is 8.42 Å². The standard InChI is InChI=1S/C20H27N3O5S/c1-14(2)29(26,27)23-12-17(20(13-23)19(25)21-8-10-28-20)18(24)22-9-7-15-5-3-4-6-16(15)11-22/h3-6,14,17H,7-13H2,1-2H3,(H,21,25)/t17-,20-/m1/s1. The molecule has 1 spiro atoms. The molecule has 8 nitrogen and oxygen atoms in total. The second-order valence-electron chi connectivity index (χ2n) is 8.21. The molecule has 0 saturated carbocycles. The van der Waals surface area contributed by atoms with Crippen LogP contribution in [0.2, 0.25) is 0 Å². The van der Waals surface area contributed by atoms with Crippen LogP contribution >= 0.6 is 0 Å². The Kier molecular flexibility index (Phi) is 5.16. The summed E-state index contributed by atoms with van der Waals surface area (Å²) in [6.45, 7) is 4.65. The Labute approximate surface area is 171 Å². The second-order valence-corrected chi connectivity index (χ2v) is 10.7. The Morgan fingerprint density at radius 1 is 1.28 bits per heavy atom. The lowest BCUT2D eigenvalue weighted by Crippen LogP contribution is -2.62. The van der Waals surface area contributed by atoms with Crippen molar-refractivity contribution in [3.05, 3.63) is 35.4 Å². The highest BCUT2D eigenvalue weighted by Crippen LogP contribution is 2.37. The van der Waals surface area contributed by atoms with Crippen LogP contribution in [0.15, 0.2) is 24.3 Å². The van der Waals surface area contributed by atoms with Gasteiger partial charge in [0.05, 0.1) is 24.3 Å². The average molecular weight is 422 g/mol. The topological polar surface area (TPSA) is 96.0 Å². The van der Waals surface area contributed by atoms with Crippen LogP contribution in [0.25, 0.3) is 0 Å². The zero-order valence-electron chi connectivity index (χ0n) is 16.8. The van der Waals surface area contributed by atoms with Crippen molar-refractivity contribution in [3.63, 3.8) is 0 Å². The van der Waals surface area contributed by atoms with Gasteiger partial charge >= 0.3 is 0 Å². The summed E-state index contributed by atoms with van der Waals surface area (Å²) in [5, 5.41) is 2.13. The molecule has 0 aromatic heterocycles. The van der Waals surface area contributed by atoms with Gasteiger partial charge in [0.1, 0.15) is 0 Å². The predicted molar refractivity (Wildman–Crippen MR) is 106 cm³/mol. The van der Waals surface area contributed by atoms with Crippen molar-refractivity contribution < 1.29 is 22.7 Å². The summed E-state index contributed by atoms with van der Waals surface area (Å²) < 4.78 is 32.7. The normalized spacial score (nSPS) is 27.9. The molecule has 1 aromatic carbocycles. The number of fused-ring (bicyclic) bond motifs is 1. The van der Waals surface area contributed by atoms with E-state index in [2.05, 4.69) is 11.4 Å². The fraction of sp³-hybridized carbons (Fsp3) is 0.600. The summed E-state index contributed by atoms with van der Waals surface area (Å²) in [6.07, 6.45) is 0.739. The number of amides is 2. The third-order valence-corrected chi connectivity index (χ3v) is 8.38. The number of carbonyl (C=O) groups excluding carboxylic acids is 2. The molecule has 0 unspecified atom stereocenters. The zero-order chi connectivity index (χ0) is 20.8. The maximum atomic E-state index is 13.5. The molecule has 0 radical (unpaired) electrons. The third kappa shape index (κ3) is 3.35. The monoisotopic (exact) mass is 421 g/mol. The summed E-state index contributed by atoms with van der Waals surface area (Å²) in [4.78, 5) is 28.1. The molecule has 1 N–H and O–H groups in total. The molecule has 29 heavy (non-hydrogen) atoms. The molecule has 2 amide bonds. The second kappa shape index (κ2) is 7.37. The van der Waals surface area contributed by atoms with Gasteiger partial charge in [-0.15, -0.1) is 0 Å².